The largest absolute Gasteiger partial charge is 0.390 e. The summed E-state index contributed by atoms with van der Waals surface area (Å²) in [6.07, 6.45) is 2.10. The molecule has 0 saturated carbocycles. The lowest BCUT2D eigenvalue weighted by Gasteiger charge is -2.23. The van der Waals surface area contributed by atoms with Gasteiger partial charge in [0, 0.05) is 30.7 Å². The Morgan fingerprint density at radius 3 is 3.05 bits per heavy atom. The van der Waals surface area contributed by atoms with Gasteiger partial charge in [0.05, 0.1) is 12.3 Å². The van der Waals surface area contributed by atoms with Gasteiger partial charge in [-0.2, -0.15) is 0 Å². The molecule has 22 heavy (non-hydrogen) atoms. The summed E-state index contributed by atoms with van der Waals surface area (Å²) in [6, 6.07) is 7.50. The Balaban J connectivity index is 1.97. The van der Waals surface area contributed by atoms with Gasteiger partial charge in [-0.05, 0) is 6.07 Å². The van der Waals surface area contributed by atoms with E-state index in [0.29, 0.717) is 24.5 Å². The molecular weight excluding hydrogens is 304 g/mol. The van der Waals surface area contributed by atoms with E-state index in [1.165, 1.54) is 7.11 Å². The van der Waals surface area contributed by atoms with E-state index in [0.717, 1.165) is 11.3 Å². The second-order valence-electron chi connectivity index (χ2n) is 4.97. The Hall–Kier alpha value is -1.85. The number of rotatable bonds is 7. The van der Waals surface area contributed by atoms with Gasteiger partial charge in [0.25, 0.3) is 0 Å². The molecule has 0 bridgehead atoms. The number of nitrogens with zero attached hydrogens (tertiary/aromatic N) is 2. The lowest BCUT2D eigenvalue weighted by molar-refractivity contribution is -0.136. The van der Waals surface area contributed by atoms with Gasteiger partial charge in [0.2, 0.25) is 5.91 Å². The normalized spacial score (nSPS) is 16.8. The molecule has 0 N–H and O–H groups in total. The van der Waals surface area contributed by atoms with Crippen LogP contribution in [0.4, 0.5) is 0 Å². The fourth-order valence-electron chi connectivity index (χ4n) is 2.28. The molecule has 1 aromatic carbocycles. The first-order valence-electron chi connectivity index (χ1n) is 7.01. The number of halogens is 1. The number of carbonyl (C=O) groups is 1. The van der Waals surface area contributed by atoms with Gasteiger partial charge in [-0.15, -0.1) is 6.58 Å². The van der Waals surface area contributed by atoms with Crippen LogP contribution in [0.3, 0.4) is 0 Å². The van der Waals surface area contributed by atoms with Crippen molar-refractivity contribution >= 4 is 23.2 Å². The van der Waals surface area contributed by atoms with E-state index >= 15 is 0 Å². The second kappa shape index (κ2) is 7.96. The van der Waals surface area contributed by atoms with Gasteiger partial charge in [-0.3, -0.25) is 4.79 Å². The number of hydrogen-bond acceptors (Lipinski definition) is 4. The lowest BCUT2D eigenvalue weighted by atomic mass is 10.0. The molecule has 1 aromatic rings. The molecule has 1 unspecified atom stereocenters. The quantitative estimate of drug-likeness (QED) is 0.725. The van der Waals surface area contributed by atoms with Gasteiger partial charge in [0.15, 0.2) is 6.10 Å². The van der Waals surface area contributed by atoms with Crippen molar-refractivity contribution in [2.75, 3.05) is 26.8 Å². The molecule has 5 nitrogen and oxygen atoms in total. The highest BCUT2D eigenvalue weighted by molar-refractivity contribution is 6.34. The topological polar surface area (TPSA) is 51.1 Å². The van der Waals surface area contributed by atoms with Crippen LogP contribution >= 0.6 is 11.6 Å². The molecular formula is C16H19ClN2O3. The average Bonchev–Trinajstić information content (AvgIpc) is 2.96. The number of hydrogen-bond donors (Lipinski definition) is 0. The highest BCUT2D eigenvalue weighted by atomic mass is 35.5. The summed E-state index contributed by atoms with van der Waals surface area (Å²) < 4.78 is 4.89. The summed E-state index contributed by atoms with van der Waals surface area (Å²) in [7, 11) is 1.49. The number of carbonyl (C=O) groups excluding carboxylic acids is 1. The first kappa shape index (κ1) is 16.5. The van der Waals surface area contributed by atoms with Crippen LogP contribution in [0.15, 0.2) is 42.1 Å². The third kappa shape index (κ3) is 4.08. The van der Waals surface area contributed by atoms with Crippen LogP contribution in [0, 0.1) is 0 Å². The van der Waals surface area contributed by atoms with Crippen LogP contribution in [0.1, 0.15) is 12.0 Å². The highest BCUT2D eigenvalue weighted by Crippen LogP contribution is 2.23. The Morgan fingerprint density at radius 1 is 1.59 bits per heavy atom. The number of oxime groups is 1. The maximum absolute atomic E-state index is 12.0. The Morgan fingerprint density at radius 2 is 2.36 bits per heavy atom. The van der Waals surface area contributed by atoms with Crippen molar-refractivity contribution in [2.24, 2.45) is 5.16 Å². The van der Waals surface area contributed by atoms with Crippen LogP contribution in [0.25, 0.3) is 0 Å². The molecule has 0 spiro atoms. The van der Waals surface area contributed by atoms with Crippen LogP contribution in [0.2, 0.25) is 5.02 Å². The van der Waals surface area contributed by atoms with E-state index in [4.69, 9.17) is 21.2 Å². The van der Waals surface area contributed by atoms with Crippen molar-refractivity contribution < 1.29 is 14.4 Å². The molecule has 6 heteroatoms. The zero-order valence-electron chi connectivity index (χ0n) is 12.5. The molecule has 0 aliphatic carbocycles. The molecule has 1 heterocycles. The van der Waals surface area contributed by atoms with Crippen LogP contribution in [0.5, 0.6) is 0 Å². The fourth-order valence-corrected chi connectivity index (χ4v) is 2.52. The molecule has 0 radical (unpaired) electrons. The summed E-state index contributed by atoms with van der Waals surface area (Å²) in [5.74, 6) is -0.0998. The maximum atomic E-state index is 12.0. The van der Waals surface area contributed by atoms with Gasteiger partial charge >= 0.3 is 0 Å². The number of amides is 1. The molecule has 1 amide bonds. The third-order valence-electron chi connectivity index (χ3n) is 3.31. The molecule has 1 aliphatic heterocycles. The van der Waals surface area contributed by atoms with Gasteiger partial charge in [-0.25, -0.2) is 0 Å². The standard InChI is InChI=1S/C16H19ClN2O3/c1-3-8-19(16(20)11-21-2)10-12-9-15(18-22-12)13-6-4-5-7-14(13)17/h3-7,12H,1,8-11H2,2H3. The van der Waals surface area contributed by atoms with Gasteiger partial charge < -0.3 is 14.5 Å². The predicted molar refractivity (Wildman–Crippen MR) is 86.1 cm³/mol. The molecule has 0 saturated heterocycles. The van der Waals surface area contributed by atoms with Crippen LogP contribution < -0.4 is 0 Å². The molecule has 0 aromatic heterocycles. The fraction of sp³-hybridized carbons (Fsp3) is 0.375. The van der Waals surface area contributed by atoms with Gasteiger partial charge in [-0.1, -0.05) is 41.0 Å². The first-order valence-corrected chi connectivity index (χ1v) is 7.38. The third-order valence-corrected chi connectivity index (χ3v) is 3.64. The van der Waals surface area contributed by atoms with E-state index in [1.807, 2.05) is 24.3 Å². The van der Waals surface area contributed by atoms with Crippen molar-refractivity contribution in [1.82, 2.24) is 4.90 Å². The number of ether oxygens (including phenoxy) is 1. The minimum absolute atomic E-state index is 0.0405. The average molecular weight is 323 g/mol. The monoisotopic (exact) mass is 322 g/mol. The summed E-state index contributed by atoms with van der Waals surface area (Å²) >= 11 is 6.17. The van der Waals surface area contributed by atoms with E-state index in [9.17, 15) is 4.79 Å². The highest BCUT2D eigenvalue weighted by Gasteiger charge is 2.27. The minimum Gasteiger partial charge on any atom is -0.390 e. The summed E-state index contributed by atoms with van der Waals surface area (Å²) in [4.78, 5) is 19.1. The summed E-state index contributed by atoms with van der Waals surface area (Å²) in [5.41, 5.74) is 1.67. The first-order chi connectivity index (χ1) is 10.7. The second-order valence-corrected chi connectivity index (χ2v) is 5.38. The smallest absolute Gasteiger partial charge is 0.248 e. The van der Waals surface area contributed by atoms with Crippen molar-refractivity contribution in [3.63, 3.8) is 0 Å². The molecule has 2 rings (SSSR count). The predicted octanol–water partition coefficient (Wildman–Crippen LogP) is 2.49. The molecule has 118 valence electrons. The Labute approximate surface area is 135 Å². The van der Waals surface area contributed by atoms with E-state index in [2.05, 4.69) is 11.7 Å². The Kier molecular flexibility index (Phi) is 5.98. The summed E-state index contributed by atoms with van der Waals surface area (Å²) in [6.45, 7) is 4.59. The number of benzene rings is 1. The number of methoxy groups -OCH3 is 1. The molecule has 0 fully saturated rings. The zero-order valence-corrected chi connectivity index (χ0v) is 13.3. The van der Waals surface area contributed by atoms with Crippen LogP contribution in [-0.4, -0.2) is 49.4 Å². The summed E-state index contributed by atoms with van der Waals surface area (Å²) in [5, 5.41) is 4.75. The van der Waals surface area contributed by atoms with E-state index in [1.54, 1.807) is 11.0 Å². The zero-order chi connectivity index (χ0) is 15.9. The Bertz CT molecular complexity index is 574. The van der Waals surface area contributed by atoms with E-state index < -0.39 is 0 Å². The van der Waals surface area contributed by atoms with Gasteiger partial charge in [0.1, 0.15) is 6.61 Å². The maximum Gasteiger partial charge on any atom is 0.248 e. The SMILES string of the molecule is C=CCN(CC1CC(c2ccccc2Cl)=NO1)C(=O)COC. The molecule has 1 atom stereocenters. The van der Waals surface area contributed by atoms with Crippen molar-refractivity contribution in [1.29, 1.82) is 0 Å². The van der Waals surface area contributed by atoms with Crippen molar-refractivity contribution in [3.8, 4) is 0 Å². The van der Waals surface area contributed by atoms with Crippen molar-refractivity contribution in [2.45, 2.75) is 12.5 Å². The molecule has 1 aliphatic rings. The van der Waals surface area contributed by atoms with Crippen LogP contribution in [-0.2, 0) is 14.4 Å². The lowest BCUT2D eigenvalue weighted by Crippen LogP contribution is -2.39. The minimum atomic E-state index is -0.188. The van der Waals surface area contributed by atoms with E-state index in [-0.39, 0.29) is 18.6 Å². The van der Waals surface area contributed by atoms with Crippen molar-refractivity contribution in [3.05, 3.63) is 47.5 Å².